The fraction of sp³-hybridized carbons (Fsp3) is 0.233. The number of aryl methyl sites for hydroxylation is 1. The molecule has 4 nitrogen and oxygen atoms in total. The van der Waals surface area contributed by atoms with Crippen LogP contribution in [0.3, 0.4) is 0 Å². The van der Waals surface area contributed by atoms with Gasteiger partial charge in [-0.05, 0) is 59.0 Å². The average Bonchev–Trinajstić information content (AvgIpc) is 2.82. The molecule has 2 N–H and O–H groups in total. The molecule has 0 spiro atoms. The maximum absolute atomic E-state index is 12.2. The number of fused-ring (bicyclic) bond motifs is 1. The van der Waals surface area contributed by atoms with Crippen LogP contribution in [0, 0.1) is 12.8 Å². The smallest absolute Gasteiger partial charge is 0.224 e. The summed E-state index contributed by atoms with van der Waals surface area (Å²) in [4.78, 5) is 12.2. The van der Waals surface area contributed by atoms with Crippen molar-refractivity contribution in [1.29, 1.82) is 0 Å². The molecule has 0 unspecified atom stereocenters. The van der Waals surface area contributed by atoms with Crippen molar-refractivity contribution >= 4 is 28.1 Å². The molecule has 0 aromatic heterocycles. The number of carbonyl (C=O) groups is 1. The third-order valence-corrected chi connectivity index (χ3v) is 5.85. The minimum absolute atomic E-state index is 0.0353. The second-order valence-corrected chi connectivity index (χ2v) is 9.06. The molecule has 4 rings (SSSR count). The standard InChI is InChI=1S/C30H32N2O2/c1-21(2)17-30(33)32-26-13-8-12-25(18-26)31-19-28-27-14-7-6-10-23(27)15-16-29(28)34-20-24-11-5-4-9-22(24)3/h4-16,18,21,31H,17,19-20H2,1-3H3,(H,32,33). The van der Waals surface area contributed by atoms with Gasteiger partial charge in [-0.1, -0.05) is 74.5 Å². The first-order chi connectivity index (χ1) is 16.5. The number of anilines is 2. The van der Waals surface area contributed by atoms with Crippen LogP contribution in [0.5, 0.6) is 5.75 Å². The molecule has 0 radical (unpaired) electrons. The minimum atomic E-state index is 0.0353. The van der Waals surface area contributed by atoms with E-state index in [1.54, 1.807) is 0 Å². The van der Waals surface area contributed by atoms with Gasteiger partial charge in [-0.15, -0.1) is 0 Å². The highest BCUT2D eigenvalue weighted by Gasteiger charge is 2.11. The zero-order valence-corrected chi connectivity index (χ0v) is 20.1. The fourth-order valence-corrected chi connectivity index (χ4v) is 4.04. The summed E-state index contributed by atoms with van der Waals surface area (Å²) in [5.74, 6) is 1.23. The second-order valence-electron chi connectivity index (χ2n) is 9.06. The Labute approximate surface area is 202 Å². The number of rotatable bonds is 9. The van der Waals surface area contributed by atoms with Crippen LogP contribution in [0.2, 0.25) is 0 Å². The summed E-state index contributed by atoms with van der Waals surface area (Å²) in [6.45, 7) is 7.32. The van der Waals surface area contributed by atoms with Gasteiger partial charge in [0.05, 0.1) is 0 Å². The maximum Gasteiger partial charge on any atom is 0.224 e. The predicted octanol–water partition coefficient (Wildman–Crippen LogP) is 7.32. The van der Waals surface area contributed by atoms with Gasteiger partial charge in [0.2, 0.25) is 5.91 Å². The van der Waals surface area contributed by atoms with Crippen molar-refractivity contribution in [3.63, 3.8) is 0 Å². The molecular weight excluding hydrogens is 420 g/mol. The molecule has 34 heavy (non-hydrogen) atoms. The van der Waals surface area contributed by atoms with E-state index in [4.69, 9.17) is 4.74 Å². The van der Waals surface area contributed by atoms with Gasteiger partial charge in [-0.2, -0.15) is 0 Å². The zero-order valence-electron chi connectivity index (χ0n) is 20.1. The van der Waals surface area contributed by atoms with Crippen molar-refractivity contribution in [3.8, 4) is 5.75 Å². The summed E-state index contributed by atoms with van der Waals surface area (Å²) in [7, 11) is 0. The van der Waals surface area contributed by atoms with E-state index >= 15 is 0 Å². The summed E-state index contributed by atoms with van der Waals surface area (Å²) in [6.07, 6.45) is 0.509. The summed E-state index contributed by atoms with van der Waals surface area (Å²) in [5, 5.41) is 8.86. The molecule has 0 saturated heterocycles. The first-order valence-electron chi connectivity index (χ1n) is 11.8. The Kier molecular flexibility index (Phi) is 7.48. The highest BCUT2D eigenvalue weighted by molar-refractivity contribution is 5.91. The Balaban J connectivity index is 1.54. The summed E-state index contributed by atoms with van der Waals surface area (Å²) >= 11 is 0. The van der Waals surface area contributed by atoms with Crippen molar-refractivity contribution in [2.24, 2.45) is 5.92 Å². The lowest BCUT2D eigenvalue weighted by atomic mass is 10.0. The summed E-state index contributed by atoms with van der Waals surface area (Å²) < 4.78 is 6.32. The van der Waals surface area contributed by atoms with Crippen LogP contribution in [-0.4, -0.2) is 5.91 Å². The Morgan fingerprint density at radius 3 is 2.47 bits per heavy atom. The number of ether oxygens (including phenoxy) is 1. The first kappa shape index (κ1) is 23.4. The number of hydrogen-bond donors (Lipinski definition) is 2. The van der Waals surface area contributed by atoms with E-state index in [1.807, 2.05) is 50.2 Å². The normalized spacial score (nSPS) is 10.9. The molecule has 0 aliphatic rings. The first-order valence-corrected chi connectivity index (χ1v) is 11.8. The van der Waals surface area contributed by atoms with Gasteiger partial charge in [-0.25, -0.2) is 0 Å². The third-order valence-electron chi connectivity index (χ3n) is 5.85. The van der Waals surface area contributed by atoms with Gasteiger partial charge in [0.25, 0.3) is 0 Å². The van der Waals surface area contributed by atoms with Gasteiger partial charge >= 0.3 is 0 Å². The van der Waals surface area contributed by atoms with Gasteiger partial charge in [0.15, 0.2) is 0 Å². The highest BCUT2D eigenvalue weighted by atomic mass is 16.5. The highest BCUT2D eigenvalue weighted by Crippen LogP contribution is 2.30. The largest absolute Gasteiger partial charge is 0.489 e. The molecular formula is C30H32N2O2. The number of amides is 1. The monoisotopic (exact) mass is 452 g/mol. The number of benzene rings is 4. The molecule has 1 amide bonds. The Hall–Kier alpha value is -3.79. The van der Waals surface area contributed by atoms with Crippen LogP contribution in [0.25, 0.3) is 10.8 Å². The predicted molar refractivity (Wildman–Crippen MR) is 141 cm³/mol. The third kappa shape index (κ3) is 5.96. The van der Waals surface area contributed by atoms with Crippen molar-refractivity contribution in [1.82, 2.24) is 0 Å². The van der Waals surface area contributed by atoms with E-state index in [1.165, 1.54) is 21.9 Å². The van der Waals surface area contributed by atoms with E-state index in [0.29, 0.717) is 25.5 Å². The molecule has 0 aliphatic heterocycles. The lowest BCUT2D eigenvalue weighted by molar-refractivity contribution is -0.116. The number of hydrogen-bond acceptors (Lipinski definition) is 3. The average molecular weight is 453 g/mol. The molecule has 4 aromatic rings. The summed E-state index contributed by atoms with van der Waals surface area (Å²) in [5.41, 5.74) is 5.25. The lowest BCUT2D eigenvalue weighted by Crippen LogP contribution is -2.14. The van der Waals surface area contributed by atoms with Crippen LogP contribution in [0.1, 0.15) is 37.0 Å². The van der Waals surface area contributed by atoms with Gasteiger partial charge in [0.1, 0.15) is 12.4 Å². The summed E-state index contributed by atoms with van der Waals surface area (Å²) in [6, 6.07) is 28.7. The molecule has 4 aromatic carbocycles. The van der Waals surface area contributed by atoms with Crippen LogP contribution in [0.15, 0.2) is 84.9 Å². The molecule has 0 heterocycles. The molecule has 0 aliphatic carbocycles. The Morgan fingerprint density at radius 2 is 1.65 bits per heavy atom. The Morgan fingerprint density at radius 1 is 0.882 bits per heavy atom. The SMILES string of the molecule is Cc1ccccc1COc1ccc2ccccc2c1CNc1cccc(NC(=O)CC(C)C)c1. The van der Waals surface area contributed by atoms with Crippen LogP contribution in [-0.2, 0) is 17.9 Å². The van der Waals surface area contributed by atoms with E-state index in [2.05, 4.69) is 66.1 Å². The van der Waals surface area contributed by atoms with Crippen LogP contribution in [0.4, 0.5) is 11.4 Å². The molecule has 0 saturated carbocycles. The molecule has 0 fully saturated rings. The molecule has 0 atom stereocenters. The number of carbonyl (C=O) groups excluding carboxylic acids is 1. The van der Waals surface area contributed by atoms with Gasteiger partial charge in [0, 0.05) is 29.9 Å². The lowest BCUT2D eigenvalue weighted by Gasteiger charge is -2.17. The van der Waals surface area contributed by atoms with Gasteiger partial charge < -0.3 is 15.4 Å². The quantitative estimate of drug-likeness (QED) is 0.280. The van der Waals surface area contributed by atoms with Crippen LogP contribution >= 0.6 is 0 Å². The minimum Gasteiger partial charge on any atom is -0.489 e. The van der Waals surface area contributed by atoms with Crippen molar-refractivity contribution in [3.05, 3.63) is 102 Å². The topological polar surface area (TPSA) is 50.4 Å². The fourth-order valence-electron chi connectivity index (χ4n) is 4.04. The van der Waals surface area contributed by atoms with Crippen molar-refractivity contribution in [2.75, 3.05) is 10.6 Å². The Bertz CT molecular complexity index is 1280. The van der Waals surface area contributed by atoms with Crippen molar-refractivity contribution in [2.45, 2.75) is 40.3 Å². The van der Waals surface area contributed by atoms with E-state index in [9.17, 15) is 4.79 Å². The molecule has 4 heteroatoms. The van der Waals surface area contributed by atoms with E-state index in [0.717, 1.165) is 22.7 Å². The van der Waals surface area contributed by atoms with Gasteiger partial charge in [-0.3, -0.25) is 4.79 Å². The number of nitrogens with one attached hydrogen (secondary N) is 2. The zero-order chi connectivity index (χ0) is 23.9. The molecule has 0 bridgehead atoms. The molecule has 174 valence electrons. The van der Waals surface area contributed by atoms with E-state index in [-0.39, 0.29) is 5.91 Å². The maximum atomic E-state index is 12.2. The van der Waals surface area contributed by atoms with Crippen molar-refractivity contribution < 1.29 is 9.53 Å². The van der Waals surface area contributed by atoms with E-state index < -0.39 is 0 Å². The second kappa shape index (κ2) is 10.9. The van der Waals surface area contributed by atoms with Crippen LogP contribution < -0.4 is 15.4 Å².